The van der Waals surface area contributed by atoms with Crippen LogP contribution in [-0.4, -0.2) is 0 Å². The molecule has 0 N–H and O–H groups in total. The first-order chi connectivity index (χ1) is 6.20. The Kier molecular flexibility index (Phi) is 6.26. The van der Waals surface area contributed by atoms with Crippen molar-refractivity contribution in [1.82, 2.24) is 0 Å². The van der Waals surface area contributed by atoms with Crippen molar-refractivity contribution in [3.63, 3.8) is 0 Å². The van der Waals surface area contributed by atoms with Gasteiger partial charge in [0.25, 0.3) is 0 Å². The topological polar surface area (TPSA) is 9.23 Å². The maximum absolute atomic E-state index is 5.41. The van der Waals surface area contributed by atoms with Crippen molar-refractivity contribution in [1.29, 1.82) is 0 Å². The average molecular weight is 222 g/mol. The summed E-state index contributed by atoms with van der Waals surface area (Å²) in [7, 11) is 0. The Hall–Kier alpha value is -0.786. The van der Waals surface area contributed by atoms with Gasteiger partial charge in [0.15, 0.2) is 0 Å². The number of allylic oxidation sites excluding steroid dienone is 2. The van der Waals surface area contributed by atoms with Gasteiger partial charge in [-0.3, -0.25) is 0 Å². The Morgan fingerprint density at radius 3 is 2.29 bits per heavy atom. The molecular formula is C12H14OTi. The Bertz CT molecular complexity index is 314. The quantitative estimate of drug-likeness (QED) is 0.431. The van der Waals surface area contributed by atoms with Crippen LogP contribution < -0.4 is 4.74 Å². The first-order valence-corrected chi connectivity index (χ1v) is 4.24. The van der Waals surface area contributed by atoms with E-state index in [1.165, 1.54) is 0 Å². The molecule has 0 aromatic heterocycles. The van der Waals surface area contributed by atoms with Gasteiger partial charge in [0, 0.05) is 21.7 Å². The predicted molar refractivity (Wildman–Crippen MR) is 55.6 cm³/mol. The van der Waals surface area contributed by atoms with Gasteiger partial charge in [-0.1, -0.05) is 30.4 Å². The Morgan fingerprint density at radius 1 is 1.21 bits per heavy atom. The normalized spacial score (nSPS) is 10.3. The minimum absolute atomic E-state index is 0. The van der Waals surface area contributed by atoms with Crippen LogP contribution in [0.2, 0.25) is 0 Å². The summed E-state index contributed by atoms with van der Waals surface area (Å²) >= 11 is 0. The summed E-state index contributed by atoms with van der Waals surface area (Å²) in [6, 6.07) is 9.69. The summed E-state index contributed by atoms with van der Waals surface area (Å²) in [5, 5.41) is 0. The van der Waals surface area contributed by atoms with E-state index in [2.05, 4.69) is 6.58 Å². The molecule has 0 aliphatic carbocycles. The van der Waals surface area contributed by atoms with Crippen molar-refractivity contribution in [2.45, 2.75) is 13.8 Å². The van der Waals surface area contributed by atoms with Gasteiger partial charge in [-0.25, -0.2) is 0 Å². The molecule has 0 unspecified atom stereocenters. The van der Waals surface area contributed by atoms with E-state index in [9.17, 15) is 0 Å². The number of para-hydroxylation sites is 1. The molecule has 0 radical (unpaired) electrons. The van der Waals surface area contributed by atoms with E-state index in [0.717, 1.165) is 16.9 Å². The van der Waals surface area contributed by atoms with Gasteiger partial charge < -0.3 is 4.74 Å². The maximum Gasteiger partial charge on any atom is 0.126 e. The number of hydrogen-bond acceptors (Lipinski definition) is 1. The second kappa shape index (κ2) is 6.64. The smallest absolute Gasteiger partial charge is 0.126 e. The Balaban J connectivity index is 0.00000169. The zero-order valence-electron chi connectivity index (χ0n) is 8.58. The van der Waals surface area contributed by atoms with Crippen LogP contribution in [0.25, 0.3) is 0 Å². The molecule has 1 rings (SSSR count). The van der Waals surface area contributed by atoms with Gasteiger partial charge in [0.05, 0.1) is 6.26 Å². The first kappa shape index (κ1) is 13.2. The summed E-state index contributed by atoms with van der Waals surface area (Å²) in [5.74, 6) is 0.850. The summed E-state index contributed by atoms with van der Waals surface area (Å²) in [6.07, 6.45) is 1.72. The second-order valence-corrected chi connectivity index (χ2v) is 3.01. The molecule has 0 atom stereocenters. The Morgan fingerprint density at radius 2 is 1.79 bits per heavy atom. The molecule has 0 saturated carbocycles. The van der Waals surface area contributed by atoms with Crippen LogP contribution in [-0.2, 0) is 21.7 Å². The number of hydrogen-bond donors (Lipinski definition) is 0. The molecule has 14 heavy (non-hydrogen) atoms. The molecule has 1 aromatic carbocycles. The third kappa shape index (κ3) is 4.45. The molecule has 0 heterocycles. The van der Waals surface area contributed by atoms with E-state index in [4.69, 9.17) is 4.74 Å². The van der Waals surface area contributed by atoms with Crippen molar-refractivity contribution >= 4 is 0 Å². The molecule has 0 spiro atoms. The van der Waals surface area contributed by atoms with Crippen molar-refractivity contribution in [2.75, 3.05) is 0 Å². The largest absolute Gasteiger partial charge is 0.465 e. The van der Waals surface area contributed by atoms with Crippen molar-refractivity contribution in [3.05, 3.63) is 54.3 Å². The minimum atomic E-state index is 0. The molecule has 0 bridgehead atoms. The molecular weight excluding hydrogens is 208 g/mol. The second-order valence-electron chi connectivity index (χ2n) is 3.01. The average Bonchev–Trinajstić information content (AvgIpc) is 2.15. The van der Waals surface area contributed by atoms with Crippen LogP contribution in [0.1, 0.15) is 13.8 Å². The van der Waals surface area contributed by atoms with Crippen LogP contribution in [0.15, 0.2) is 54.3 Å². The third-order valence-corrected chi connectivity index (χ3v) is 1.79. The maximum atomic E-state index is 5.41. The van der Waals surface area contributed by atoms with Crippen molar-refractivity contribution in [2.24, 2.45) is 0 Å². The molecule has 1 aromatic rings. The van der Waals surface area contributed by atoms with Crippen LogP contribution in [0.5, 0.6) is 5.75 Å². The molecule has 0 fully saturated rings. The molecule has 0 amide bonds. The number of benzene rings is 1. The summed E-state index contributed by atoms with van der Waals surface area (Å²) in [5.41, 5.74) is 2.08. The molecule has 0 saturated heterocycles. The summed E-state index contributed by atoms with van der Waals surface area (Å²) in [6.45, 7) is 7.76. The van der Waals surface area contributed by atoms with Crippen LogP contribution in [0.3, 0.4) is 0 Å². The molecule has 2 heteroatoms. The summed E-state index contributed by atoms with van der Waals surface area (Å²) in [4.78, 5) is 0. The van der Waals surface area contributed by atoms with Gasteiger partial charge in [-0.05, 0) is 31.6 Å². The van der Waals surface area contributed by atoms with E-state index in [1.54, 1.807) is 6.26 Å². The van der Waals surface area contributed by atoms with Gasteiger partial charge in [0.2, 0.25) is 0 Å². The molecule has 0 aliphatic heterocycles. The zero-order chi connectivity index (χ0) is 9.68. The fraction of sp³-hybridized carbons (Fsp3) is 0.167. The van der Waals surface area contributed by atoms with Gasteiger partial charge in [0.1, 0.15) is 5.75 Å². The molecule has 72 valence electrons. The Labute approximate surface area is 100 Å². The van der Waals surface area contributed by atoms with Crippen LogP contribution in [0, 0.1) is 0 Å². The van der Waals surface area contributed by atoms with Crippen LogP contribution in [0.4, 0.5) is 0 Å². The standard InChI is InChI=1S/C12H14O.Ti/c1-10(2)11(3)9-13-12-7-5-4-6-8-12;/h4-9H,1H2,2-3H3;. The minimum Gasteiger partial charge on any atom is -0.465 e. The van der Waals surface area contributed by atoms with Crippen molar-refractivity contribution < 1.29 is 26.5 Å². The predicted octanol–water partition coefficient (Wildman–Crippen LogP) is 3.54. The van der Waals surface area contributed by atoms with Gasteiger partial charge in [-0.15, -0.1) is 0 Å². The number of ether oxygens (including phenoxy) is 1. The fourth-order valence-corrected chi connectivity index (χ4v) is 0.756. The van der Waals surface area contributed by atoms with Gasteiger partial charge >= 0.3 is 0 Å². The van der Waals surface area contributed by atoms with E-state index in [0.29, 0.717) is 0 Å². The monoisotopic (exact) mass is 222 g/mol. The molecule has 1 nitrogen and oxygen atoms in total. The third-order valence-electron chi connectivity index (χ3n) is 1.79. The zero-order valence-corrected chi connectivity index (χ0v) is 10.1. The van der Waals surface area contributed by atoms with Gasteiger partial charge in [-0.2, -0.15) is 0 Å². The van der Waals surface area contributed by atoms with E-state index < -0.39 is 0 Å². The SMILES string of the molecule is C=C(C)C(C)=COc1ccccc1.[Ti]. The van der Waals surface area contributed by atoms with E-state index in [1.807, 2.05) is 44.2 Å². The summed E-state index contributed by atoms with van der Waals surface area (Å²) < 4.78 is 5.41. The van der Waals surface area contributed by atoms with Crippen LogP contribution >= 0.6 is 0 Å². The number of rotatable bonds is 3. The van der Waals surface area contributed by atoms with E-state index >= 15 is 0 Å². The van der Waals surface area contributed by atoms with E-state index in [-0.39, 0.29) is 21.7 Å². The first-order valence-electron chi connectivity index (χ1n) is 4.24. The van der Waals surface area contributed by atoms with Crippen molar-refractivity contribution in [3.8, 4) is 5.75 Å². The molecule has 0 aliphatic rings. The fourth-order valence-electron chi connectivity index (χ4n) is 0.756.